The highest BCUT2D eigenvalue weighted by Gasteiger charge is 2.19. The first kappa shape index (κ1) is 17.1. The Morgan fingerprint density at radius 1 is 1.15 bits per heavy atom. The molecule has 1 aromatic carbocycles. The van der Waals surface area contributed by atoms with E-state index in [0.29, 0.717) is 5.82 Å². The van der Waals surface area contributed by atoms with E-state index in [-0.39, 0.29) is 19.2 Å². The summed E-state index contributed by atoms with van der Waals surface area (Å²) in [4.78, 5) is 12.5. The maximum Gasteiger partial charge on any atom is 0.247 e. The fourth-order valence-electron chi connectivity index (χ4n) is 3.37. The largest absolute Gasteiger partial charge is 0.454 e. The van der Waals surface area contributed by atoms with Crippen LogP contribution in [0.15, 0.2) is 24.3 Å². The van der Waals surface area contributed by atoms with Gasteiger partial charge >= 0.3 is 0 Å². The second-order valence-electron chi connectivity index (χ2n) is 6.61. The van der Waals surface area contributed by atoms with Gasteiger partial charge in [-0.1, -0.05) is 6.07 Å². The van der Waals surface area contributed by atoms with Crippen LogP contribution in [0.4, 0.5) is 5.82 Å². The number of hydrogen-bond acceptors (Lipinski definition) is 5. The number of fused-ring (bicyclic) bond motifs is 1. The van der Waals surface area contributed by atoms with Gasteiger partial charge in [-0.15, -0.1) is 0 Å². The molecule has 0 unspecified atom stereocenters. The molecular weight excluding hydrogens is 346 g/mol. The molecule has 0 saturated carbocycles. The Hall–Kier alpha value is -3.29. The minimum absolute atomic E-state index is 0.126. The Balaban J connectivity index is 1.57. The minimum atomic E-state index is -0.152. The fourth-order valence-corrected chi connectivity index (χ4v) is 3.37. The van der Waals surface area contributed by atoms with Crippen LogP contribution in [0.3, 0.4) is 0 Å². The SMILES string of the molecule is Cc1cc(NC(=O)Cn2nc(C)c(-c3ccc4c(c3)OCO4)c2C)n(C)n1. The number of hydrogen-bond donors (Lipinski definition) is 1. The van der Waals surface area contributed by atoms with Crippen molar-refractivity contribution in [2.45, 2.75) is 27.3 Å². The second kappa shape index (κ2) is 6.46. The zero-order chi connectivity index (χ0) is 19.1. The summed E-state index contributed by atoms with van der Waals surface area (Å²) in [6.45, 7) is 6.15. The summed E-state index contributed by atoms with van der Waals surface area (Å²) in [6.07, 6.45) is 0. The van der Waals surface area contributed by atoms with Crippen LogP contribution in [-0.2, 0) is 18.4 Å². The van der Waals surface area contributed by atoms with Crippen LogP contribution >= 0.6 is 0 Å². The average molecular weight is 367 g/mol. The van der Waals surface area contributed by atoms with Crippen LogP contribution in [0.2, 0.25) is 0 Å². The molecule has 4 rings (SSSR count). The number of anilines is 1. The first-order valence-corrected chi connectivity index (χ1v) is 8.67. The molecule has 1 aliphatic rings. The molecule has 0 bridgehead atoms. The van der Waals surface area contributed by atoms with Crippen molar-refractivity contribution >= 4 is 11.7 Å². The summed E-state index contributed by atoms with van der Waals surface area (Å²) in [5, 5.41) is 11.7. The van der Waals surface area contributed by atoms with E-state index in [9.17, 15) is 4.79 Å². The number of nitrogens with one attached hydrogen (secondary N) is 1. The molecule has 0 spiro atoms. The fraction of sp³-hybridized carbons (Fsp3) is 0.316. The van der Waals surface area contributed by atoms with E-state index in [4.69, 9.17) is 9.47 Å². The molecule has 8 heteroatoms. The molecule has 0 saturated heterocycles. The summed E-state index contributed by atoms with van der Waals surface area (Å²) in [5.74, 6) is 1.98. The number of carbonyl (C=O) groups is 1. The standard InChI is InChI=1S/C19H21N5O3/c1-11-7-17(23(4)21-11)20-18(25)9-24-13(3)19(12(2)22-24)14-5-6-15-16(8-14)27-10-26-15/h5-8H,9-10H2,1-4H3,(H,20,25). The predicted octanol–water partition coefficient (Wildman–Crippen LogP) is 2.58. The van der Waals surface area contributed by atoms with Crippen molar-refractivity contribution in [1.82, 2.24) is 19.6 Å². The second-order valence-corrected chi connectivity index (χ2v) is 6.61. The lowest BCUT2D eigenvalue weighted by Gasteiger charge is -2.08. The Kier molecular flexibility index (Phi) is 4.10. The molecule has 2 aromatic heterocycles. The van der Waals surface area contributed by atoms with Gasteiger partial charge in [0, 0.05) is 24.4 Å². The van der Waals surface area contributed by atoms with Crippen LogP contribution in [0.1, 0.15) is 17.1 Å². The highest BCUT2D eigenvalue weighted by Crippen LogP contribution is 2.37. The molecule has 0 fully saturated rings. The number of nitrogens with zero attached hydrogens (tertiary/aromatic N) is 4. The molecule has 140 valence electrons. The lowest BCUT2D eigenvalue weighted by Crippen LogP contribution is -2.21. The third-order valence-corrected chi connectivity index (χ3v) is 4.61. The number of rotatable bonds is 4. The van der Waals surface area contributed by atoms with E-state index in [1.807, 2.05) is 45.0 Å². The van der Waals surface area contributed by atoms with Crippen molar-refractivity contribution in [3.63, 3.8) is 0 Å². The van der Waals surface area contributed by atoms with Crippen molar-refractivity contribution in [3.8, 4) is 22.6 Å². The molecule has 1 aliphatic heterocycles. The summed E-state index contributed by atoms with van der Waals surface area (Å²) < 4.78 is 14.2. The molecule has 0 aliphatic carbocycles. The molecule has 0 atom stereocenters. The number of aryl methyl sites for hydroxylation is 3. The van der Waals surface area contributed by atoms with Crippen molar-refractivity contribution in [2.75, 3.05) is 12.1 Å². The minimum Gasteiger partial charge on any atom is -0.454 e. The molecule has 1 N–H and O–H groups in total. The van der Waals surface area contributed by atoms with Crippen molar-refractivity contribution in [3.05, 3.63) is 41.3 Å². The lowest BCUT2D eigenvalue weighted by molar-refractivity contribution is -0.117. The highest BCUT2D eigenvalue weighted by atomic mass is 16.7. The first-order valence-electron chi connectivity index (χ1n) is 8.67. The van der Waals surface area contributed by atoms with Gasteiger partial charge in [0.15, 0.2) is 11.5 Å². The van der Waals surface area contributed by atoms with Crippen molar-refractivity contribution < 1.29 is 14.3 Å². The average Bonchev–Trinajstić information content (AvgIpc) is 3.26. The lowest BCUT2D eigenvalue weighted by atomic mass is 10.0. The Morgan fingerprint density at radius 2 is 1.93 bits per heavy atom. The van der Waals surface area contributed by atoms with Crippen LogP contribution in [0.25, 0.3) is 11.1 Å². The van der Waals surface area contributed by atoms with E-state index >= 15 is 0 Å². The Morgan fingerprint density at radius 3 is 2.67 bits per heavy atom. The topological polar surface area (TPSA) is 83.2 Å². The van der Waals surface area contributed by atoms with E-state index in [2.05, 4.69) is 15.5 Å². The van der Waals surface area contributed by atoms with Gasteiger partial charge in [0.2, 0.25) is 12.7 Å². The molecule has 27 heavy (non-hydrogen) atoms. The third-order valence-electron chi connectivity index (χ3n) is 4.61. The Bertz CT molecular complexity index is 1030. The van der Waals surface area contributed by atoms with Gasteiger partial charge in [-0.25, -0.2) is 0 Å². The number of aromatic nitrogens is 4. The predicted molar refractivity (Wildman–Crippen MR) is 99.8 cm³/mol. The third kappa shape index (κ3) is 3.14. The number of carbonyl (C=O) groups excluding carboxylic acids is 1. The van der Waals surface area contributed by atoms with Gasteiger partial charge in [0.1, 0.15) is 12.4 Å². The summed E-state index contributed by atoms with van der Waals surface area (Å²) >= 11 is 0. The zero-order valence-electron chi connectivity index (χ0n) is 15.7. The summed E-state index contributed by atoms with van der Waals surface area (Å²) in [7, 11) is 1.80. The molecule has 3 heterocycles. The van der Waals surface area contributed by atoms with E-state index in [1.165, 1.54) is 0 Å². The van der Waals surface area contributed by atoms with Crippen molar-refractivity contribution in [1.29, 1.82) is 0 Å². The van der Waals surface area contributed by atoms with E-state index < -0.39 is 0 Å². The zero-order valence-corrected chi connectivity index (χ0v) is 15.7. The summed E-state index contributed by atoms with van der Waals surface area (Å²) in [5.41, 5.74) is 4.61. The van der Waals surface area contributed by atoms with Crippen LogP contribution in [0, 0.1) is 20.8 Å². The Labute approximate surface area is 156 Å². The maximum atomic E-state index is 12.5. The quantitative estimate of drug-likeness (QED) is 0.766. The van der Waals surface area contributed by atoms with Crippen LogP contribution in [0.5, 0.6) is 11.5 Å². The molecule has 1 amide bonds. The first-order chi connectivity index (χ1) is 12.9. The number of benzene rings is 1. The van der Waals surface area contributed by atoms with Gasteiger partial charge in [-0.05, 0) is 38.5 Å². The van der Waals surface area contributed by atoms with Gasteiger partial charge in [0.25, 0.3) is 0 Å². The molecule has 0 radical (unpaired) electrons. The maximum absolute atomic E-state index is 12.5. The number of amides is 1. The van der Waals surface area contributed by atoms with Crippen molar-refractivity contribution in [2.24, 2.45) is 7.05 Å². The van der Waals surface area contributed by atoms with Crippen LogP contribution < -0.4 is 14.8 Å². The van der Waals surface area contributed by atoms with Crippen LogP contribution in [-0.4, -0.2) is 32.3 Å². The number of ether oxygens (including phenoxy) is 2. The normalized spacial score (nSPS) is 12.4. The van der Waals surface area contributed by atoms with Gasteiger partial charge in [0.05, 0.1) is 11.4 Å². The monoisotopic (exact) mass is 367 g/mol. The molecule has 3 aromatic rings. The van der Waals surface area contributed by atoms with Gasteiger partial charge < -0.3 is 14.8 Å². The highest BCUT2D eigenvalue weighted by molar-refractivity contribution is 5.90. The molecule has 8 nitrogen and oxygen atoms in total. The summed E-state index contributed by atoms with van der Waals surface area (Å²) in [6, 6.07) is 7.65. The van der Waals surface area contributed by atoms with Gasteiger partial charge in [-0.2, -0.15) is 10.2 Å². The smallest absolute Gasteiger partial charge is 0.247 e. The van der Waals surface area contributed by atoms with E-state index in [0.717, 1.165) is 39.7 Å². The van der Waals surface area contributed by atoms with Gasteiger partial charge in [-0.3, -0.25) is 14.2 Å². The molecular formula is C19H21N5O3. The van der Waals surface area contributed by atoms with E-state index in [1.54, 1.807) is 16.4 Å².